The molecule has 0 aromatic rings. The van der Waals surface area contributed by atoms with Crippen molar-refractivity contribution in [1.82, 2.24) is 4.90 Å². The molecule has 2 aliphatic rings. The molecule has 1 N–H and O–H groups in total. The van der Waals surface area contributed by atoms with Crippen molar-refractivity contribution in [3.05, 3.63) is 0 Å². The van der Waals surface area contributed by atoms with Crippen LogP contribution in [0.1, 0.15) is 26.2 Å². The van der Waals surface area contributed by atoms with Gasteiger partial charge in [0.15, 0.2) is 0 Å². The van der Waals surface area contributed by atoms with Crippen molar-refractivity contribution in [1.29, 1.82) is 0 Å². The molecule has 1 amide bonds. The van der Waals surface area contributed by atoms with Gasteiger partial charge in [0.05, 0.1) is 0 Å². The molecule has 1 aliphatic heterocycles. The molecule has 1 saturated carbocycles. The molecule has 0 unspecified atom stereocenters. The summed E-state index contributed by atoms with van der Waals surface area (Å²) < 4.78 is 0. The first kappa shape index (κ1) is 9.49. The lowest BCUT2D eigenvalue weighted by molar-refractivity contribution is -0.148. The second-order valence-corrected chi connectivity index (χ2v) is 4.31. The lowest BCUT2D eigenvalue weighted by Crippen LogP contribution is -2.42. The quantitative estimate of drug-likeness (QED) is 0.673. The summed E-state index contributed by atoms with van der Waals surface area (Å²) in [5.74, 6) is -0.308. The van der Waals surface area contributed by atoms with E-state index in [-0.39, 0.29) is 11.8 Å². The summed E-state index contributed by atoms with van der Waals surface area (Å²) in [6, 6.07) is -0.556. The van der Waals surface area contributed by atoms with Crippen LogP contribution in [0.2, 0.25) is 0 Å². The summed E-state index contributed by atoms with van der Waals surface area (Å²) in [5, 5.41) is 9.09. The highest BCUT2D eigenvalue weighted by atomic mass is 16.4. The van der Waals surface area contributed by atoms with Crippen LogP contribution in [-0.4, -0.2) is 34.5 Å². The Morgan fingerprint density at radius 1 is 1.36 bits per heavy atom. The number of carboxylic acids is 1. The second kappa shape index (κ2) is 3.26. The zero-order chi connectivity index (χ0) is 10.3. The number of carbonyl (C=O) groups is 2. The van der Waals surface area contributed by atoms with E-state index in [1.165, 1.54) is 11.8 Å². The number of rotatable bonds is 1. The van der Waals surface area contributed by atoms with Crippen LogP contribution in [0.25, 0.3) is 0 Å². The van der Waals surface area contributed by atoms with Gasteiger partial charge in [0.2, 0.25) is 5.91 Å². The molecule has 0 aromatic heterocycles. The fraction of sp³-hybridized carbons (Fsp3) is 0.800. The van der Waals surface area contributed by atoms with Gasteiger partial charge in [0, 0.05) is 13.5 Å². The number of likely N-dealkylation sites (tertiary alicyclic amines) is 1. The van der Waals surface area contributed by atoms with E-state index < -0.39 is 12.0 Å². The molecule has 0 radical (unpaired) electrons. The predicted molar refractivity (Wildman–Crippen MR) is 49.6 cm³/mol. The van der Waals surface area contributed by atoms with Gasteiger partial charge in [0.25, 0.3) is 0 Å². The highest BCUT2D eigenvalue weighted by Gasteiger charge is 2.48. The average molecular weight is 197 g/mol. The first-order valence-corrected chi connectivity index (χ1v) is 5.11. The molecule has 0 spiro atoms. The molecule has 0 bridgehead atoms. The number of amides is 1. The van der Waals surface area contributed by atoms with Crippen LogP contribution in [0.4, 0.5) is 0 Å². The predicted octanol–water partition coefficient (Wildman–Crippen LogP) is 0.718. The van der Waals surface area contributed by atoms with Crippen LogP contribution in [0.15, 0.2) is 0 Å². The molecule has 1 saturated heterocycles. The maximum Gasteiger partial charge on any atom is 0.326 e. The van der Waals surface area contributed by atoms with Crippen LogP contribution in [-0.2, 0) is 9.59 Å². The van der Waals surface area contributed by atoms with Crippen LogP contribution >= 0.6 is 0 Å². The van der Waals surface area contributed by atoms with Crippen molar-refractivity contribution in [3.63, 3.8) is 0 Å². The number of nitrogens with zero attached hydrogens (tertiary/aromatic N) is 1. The van der Waals surface area contributed by atoms with Gasteiger partial charge in [-0.15, -0.1) is 0 Å². The van der Waals surface area contributed by atoms with Crippen LogP contribution < -0.4 is 0 Å². The summed E-state index contributed by atoms with van der Waals surface area (Å²) >= 11 is 0. The molecule has 4 heteroatoms. The third-order valence-electron chi connectivity index (χ3n) is 3.55. The van der Waals surface area contributed by atoms with E-state index in [0.29, 0.717) is 12.5 Å². The summed E-state index contributed by atoms with van der Waals surface area (Å²) in [6.45, 7) is 2.11. The first-order valence-electron chi connectivity index (χ1n) is 5.11. The molecule has 78 valence electrons. The van der Waals surface area contributed by atoms with Gasteiger partial charge in [-0.05, 0) is 24.7 Å². The number of carbonyl (C=O) groups excluding carboxylic acids is 1. The number of carboxylic acid groups (broad SMARTS) is 1. The minimum Gasteiger partial charge on any atom is -0.480 e. The molecule has 2 fully saturated rings. The first-order chi connectivity index (χ1) is 6.61. The molecule has 14 heavy (non-hydrogen) atoms. The van der Waals surface area contributed by atoms with Gasteiger partial charge >= 0.3 is 5.97 Å². The summed E-state index contributed by atoms with van der Waals surface area (Å²) in [5.41, 5.74) is 0. The normalized spacial score (nSPS) is 35.8. The highest BCUT2D eigenvalue weighted by molar-refractivity contribution is 5.83. The Balaban J connectivity index is 2.21. The molecule has 2 rings (SSSR count). The fourth-order valence-electron chi connectivity index (χ4n) is 2.95. The van der Waals surface area contributed by atoms with Gasteiger partial charge in [-0.2, -0.15) is 0 Å². The van der Waals surface area contributed by atoms with E-state index in [2.05, 4.69) is 0 Å². The van der Waals surface area contributed by atoms with Gasteiger partial charge in [-0.25, -0.2) is 4.79 Å². The zero-order valence-electron chi connectivity index (χ0n) is 8.27. The van der Waals surface area contributed by atoms with Crippen molar-refractivity contribution in [2.75, 3.05) is 6.54 Å². The maximum atomic E-state index is 11.3. The minimum atomic E-state index is -0.838. The maximum absolute atomic E-state index is 11.3. The van der Waals surface area contributed by atoms with Gasteiger partial charge < -0.3 is 10.0 Å². The lowest BCUT2D eigenvalue weighted by atomic mass is 9.94. The van der Waals surface area contributed by atoms with E-state index in [1.807, 2.05) is 0 Å². The van der Waals surface area contributed by atoms with Crippen LogP contribution in [0.5, 0.6) is 0 Å². The SMILES string of the molecule is CC(=O)N1C[C@@H]2CCC[C@@H]2[C@H]1C(=O)O. The topological polar surface area (TPSA) is 57.6 Å². The standard InChI is InChI=1S/C10H15NO3/c1-6(12)11-5-7-3-2-4-8(7)9(11)10(13)14/h7-9H,2-5H2,1H3,(H,13,14)/t7-,8-,9-/m0/s1. The lowest BCUT2D eigenvalue weighted by Gasteiger charge is -2.22. The van der Waals surface area contributed by atoms with Gasteiger partial charge in [-0.1, -0.05) is 6.42 Å². The van der Waals surface area contributed by atoms with Gasteiger partial charge in [-0.3, -0.25) is 4.79 Å². The Bertz CT molecular complexity index is 277. The molecule has 1 aliphatic carbocycles. The summed E-state index contributed by atoms with van der Waals surface area (Å²) in [7, 11) is 0. The largest absolute Gasteiger partial charge is 0.480 e. The Kier molecular flexibility index (Phi) is 2.21. The monoisotopic (exact) mass is 197 g/mol. The fourth-order valence-corrected chi connectivity index (χ4v) is 2.95. The third-order valence-corrected chi connectivity index (χ3v) is 3.55. The summed E-state index contributed by atoms with van der Waals surface area (Å²) in [6.07, 6.45) is 3.16. The molecule has 1 heterocycles. The van der Waals surface area contributed by atoms with Crippen molar-refractivity contribution in [2.45, 2.75) is 32.2 Å². The Hall–Kier alpha value is -1.06. The number of hydrogen-bond donors (Lipinski definition) is 1. The van der Waals surface area contributed by atoms with E-state index in [1.54, 1.807) is 0 Å². The smallest absolute Gasteiger partial charge is 0.326 e. The number of aliphatic carboxylic acids is 1. The van der Waals surface area contributed by atoms with E-state index in [9.17, 15) is 9.59 Å². The van der Waals surface area contributed by atoms with Crippen LogP contribution in [0, 0.1) is 11.8 Å². The molecule has 3 atom stereocenters. The minimum absolute atomic E-state index is 0.105. The van der Waals surface area contributed by atoms with Crippen molar-refractivity contribution >= 4 is 11.9 Å². The number of hydrogen-bond acceptors (Lipinski definition) is 2. The average Bonchev–Trinajstić information content (AvgIpc) is 2.58. The summed E-state index contributed by atoms with van der Waals surface area (Å²) in [4.78, 5) is 23.8. The van der Waals surface area contributed by atoms with Gasteiger partial charge in [0.1, 0.15) is 6.04 Å². The second-order valence-electron chi connectivity index (χ2n) is 4.31. The van der Waals surface area contributed by atoms with E-state index in [4.69, 9.17) is 5.11 Å². The van der Waals surface area contributed by atoms with Crippen LogP contribution in [0.3, 0.4) is 0 Å². The van der Waals surface area contributed by atoms with Crippen molar-refractivity contribution in [2.24, 2.45) is 11.8 Å². The van der Waals surface area contributed by atoms with Crippen molar-refractivity contribution < 1.29 is 14.7 Å². The Morgan fingerprint density at radius 3 is 2.64 bits per heavy atom. The third kappa shape index (κ3) is 1.29. The van der Waals surface area contributed by atoms with E-state index >= 15 is 0 Å². The van der Waals surface area contributed by atoms with E-state index in [0.717, 1.165) is 19.3 Å². The van der Waals surface area contributed by atoms with Crippen molar-refractivity contribution in [3.8, 4) is 0 Å². The molecule has 0 aromatic carbocycles. The Morgan fingerprint density at radius 2 is 2.07 bits per heavy atom. The number of fused-ring (bicyclic) bond motifs is 1. The molecular weight excluding hydrogens is 182 g/mol. The molecular formula is C10H15NO3. The molecule has 4 nitrogen and oxygen atoms in total. The zero-order valence-corrected chi connectivity index (χ0v) is 8.27. The Labute approximate surface area is 82.9 Å². The highest BCUT2D eigenvalue weighted by Crippen LogP contribution is 2.42.